The minimum atomic E-state index is -0.973. The lowest BCUT2D eigenvalue weighted by Gasteiger charge is -2.12. The van der Waals surface area contributed by atoms with Crippen LogP contribution in [0, 0.1) is 6.92 Å². The van der Waals surface area contributed by atoms with Crippen molar-refractivity contribution in [3.05, 3.63) is 109 Å². The summed E-state index contributed by atoms with van der Waals surface area (Å²) in [7, 11) is 0. The summed E-state index contributed by atoms with van der Waals surface area (Å²) in [5.41, 5.74) is 1.43. The first-order chi connectivity index (χ1) is 21.7. The van der Waals surface area contributed by atoms with E-state index in [9.17, 15) is 19.2 Å². The molecule has 0 amide bonds. The van der Waals surface area contributed by atoms with Gasteiger partial charge in [0, 0.05) is 18.8 Å². The lowest BCUT2D eigenvalue weighted by atomic mass is 10.1. The second kappa shape index (κ2) is 15.4. The van der Waals surface area contributed by atoms with Gasteiger partial charge in [-0.1, -0.05) is 55.1 Å². The topological polar surface area (TPSA) is 135 Å². The first-order valence-electron chi connectivity index (χ1n) is 14.0. The van der Waals surface area contributed by atoms with E-state index < -0.39 is 17.9 Å². The zero-order valence-electron chi connectivity index (χ0n) is 24.5. The number of hydrogen-bond acceptors (Lipinski definition) is 9. The van der Waals surface area contributed by atoms with Gasteiger partial charge < -0.3 is 28.8 Å². The van der Waals surface area contributed by atoms with Gasteiger partial charge in [-0.2, -0.15) is 0 Å². The van der Waals surface area contributed by atoms with E-state index in [-0.39, 0.29) is 23.9 Å². The average Bonchev–Trinajstić information content (AvgIpc) is 3.67. The van der Waals surface area contributed by atoms with Crippen molar-refractivity contribution >= 4 is 45.9 Å². The highest BCUT2D eigenvalue weighted by molar-refractivity contribution is 5.95. The monoisotopic (exact) mass is 612 g/mol. The highest BCUT2D eigenvalue weighted by Crippen LogP contribution is 2.28. The maximum absolute atomic E-state index is 11.0. The molecule has 2 saturated heterocycles. The molecule has 45 heavy (non-hydrogen) atoms. The summed E-state index contributed by atoms with van der Waals surface area (Å²) in [5.74, 6) is -1.00. The molecule has 4 aromatic carbocycles. The molecule has 3 unspecified atom stereocenters. The molecule has 10 nitrogen and oxygen atoms in total. The Morgan fingerprint density at radius 1 is 0.800 bits per heavy atom. The average molecular weight is 613 g/mol. The molecule has 0 saturated carbocycles. The molecule has 10 heteroatoms. The van der Waals surface area contributed by atoms with Crippen molar-refractivity contribution in [3.8, 4) is 11.5 Å². The minimum Gasteiger partial charge on any atom is -0.478 e. The number of esters is 2. The fourth-order valence-electron chi connectivity index (χ4n) is 4.76. The zero-order valence-corrected chi connectivity index (χ0v) is 24.5. The molecular weight excluding hydrogens is 580 g/mol. The number of hydrogen-bond donors (Lipinski definition) is 1. The Bertz CT molecular complexity index is 1730. The van der Waals surface area contributed by atoms with Crippen LogP contribution in [0.25, 0.3) is 21.5 Å². The van der Waals surface area contributed by atoms with Crippen LogP contribution in [0.1, 0.15) is 22.3 Å². The number of aromatic carboxylic acids is 1. The van der Waals surface area contributed by atoms with Gasteiger partial charge in [-0.3, -0.25) is 4.79 Å². The van der Waals surface area contributed by atoms with Crippen LogP contribution in [0.5, 0.6) is 11.5 Å². The molecule has 2 fully saturated rings. The van der Waals surface area contributed by atoms with E-state index in [4.69, 9.17) is 28.8 Å². The van der Waals surface area contributed by atoms with Crippen LogP contribution in [-0.2, 0) is 28.6 Å². The number of fused-ring (bicyclic) bond motifs is 3. The maximum atomic E-state index is 11.0. The highest BCUT2D eigenvalue weighted by Gasteiger charge is 2.43. The first kappa shape index (κ1) is 32.6. The maximum Gasteiger partial charge on any atom is 0.335 e. The second-order valence-corrected chi connectivity index (χ2v) is 10.1. The van der Waals surface area contributed by atoms with Gasteiger partial charge in [0.2, 0.25) is 0 Å². The van der Waals surface area contributed by atoms with Crippen LogP contribution in [0.3, 0.4) is 0 Å². The van der Waals surface area contributed by atoms with Gasteiger partial charge in [-0.05, 0) is 71.3 Å². The van der Waals surface area contributed by atoms with Crippen LogP contribution in [-0.4, -0.2) is 61.0 Å². The quantitative estimate of drug-likeness (QED) is 0.122. The van der Waals surface area contributed by atoms with E-state index in [1.54, 1.807) is 36.4 Å². The summed E-state index contributed by atoms with van der Waals surface area (Å²) >= 11 is 0. The first-order valence-corrected chi connectivity index (χ1v) is 14.0. The molecule has 6 rings (SSSR count). The minimum absolute atomic E-state index is 0.0137. The Kier molecular flexibility index (Phi) is 11.2. The van der Waals surface area contributed by atoms with E-state index in [1.807, 2.05) is 31.2 Å². The Balaban J connectivity index is 0.000000158. The fraction of sp³-hybridized carbons (Fsp3) is 0.200. The number of rotatable bonds is 7. The summed E-state index contributed by atoms with van der Waals surface area (Å²) in [6.07, 6.45) is 3.11. The van der Waals surface area contributed by atoms with Crippen molar-refractivity contribution < 1.29 is 48.0 Å². The predicted octanol–water partition coefficient (Wildman–Crippen LogP) is 5.58. The number of ether oxygens (including phenoxy) is 5. The van der Waals surface area contributed by atoms with Crippen molar-refractivity contribution in [2.45, 2.75) is 31.7 Å². The number of aryl methyl sites for hydroxylation is 1. The van der Waals surface area contributed by atoms with Crippen LogP contribution >= 0.6 is 0 Å². The summed E-state index contributed by atoms with van der Waals surface area (Å²) in [4.78, 5) is 42.9. The molecule has 4 aromatic rings. The lowest BCUT2D eigenvalue weighted by Crippen LogP contribution is -2.29. The van der Waals surface area contributed by atoms with Gasteiger partial charge in [-0.15, -0.1) is 0 Å². The fourth-order valence-corrected chi connectivity index (χ4v) is 4.76. The van der Waals surface area contributed by atoms with Crippen LogP contribution in [0.15, 0.2) is 98.1 Å². The van der Waals surface area contributed by atoms with Crippen LogP contribution < -0.4 is 9.47 Å². The van der Waals surface area contributed by atoms with E-state index in [0.717, 1.165) is 40.1 Å². The van der Waals surface area contributed by atoms with Crippen molar-refractivity contribution in [1.29, 1.82) is 0 Å². The number of carbonyl (C=O) groups excluding carboxylic acids is 3. The third-order valence-corrected chi connectivity index (χ3v) is 6.95. The number of carbonyl (C=O) groups is 4. The predicted molar refractivity (Wildman–Crippen MR) is 166 cm³/mol. The van der Waals surface area contributed by atoms with E-state index in [0.29, 0.717) is 31.2 Å². The number of carboxylic acid groups (broad SMARTS) is 1. The van der Waals surface area contributed by atoms with Crippen molar-refractivity contribution in [1.82, 2.24) is 0 Å². The van der Waals surface area contributed by atoms with Crippen LogP contribution in [0.4, 0.5) is 0 Å². The summed E-state index contributed by atoms with van der Waals surface area (Å²) in [5, 5.41) is 12.6. The number of carboxylic acids is 1. The van der Waals surface area contributed by atoms with Crippen molar-refractivity contribution in [2.24, 2.45) is 0 Å². The normalized spacial score (nSPS) is 17.8. The summed E-state index contributed by atoms with van der Waals surface area (Å²) in [6.45, 7) is 10.4. The molecule has 0 aliphatic carbocycles. The molecule has 2 aliphatic heterocycles. The molecule has 0 spiro atoms. The van der Waals surface area contributed by atoms with Gasteiger partial charge in [0.1, 0.15) is 17.6 Å². The molecule has 0 aromatic heterocycles. The molecule has 232 valence electrons. The van der Waals surface area contributed by atoms with E-state index in [2.05, 4.69) is 19.2 Å². The zero-order chi connectivity index (χ0) is 32.3. The molecule has 1 N–H and O–H groups in total. The van der Waals surface area contributed by atoms with Gasteiger partial charge >= 0.3 is 17.9 Å². The largest absolute Gasteiger partial charge is 0.478 e. The van der Waals surface area contributed by atoms with E-state index in [1.165, 1.54) is 11.6 Å². The summed E-state index contributed by atoms with van der Waals surface area (Å²) in [6, 6.07) is 21.4. The smallest absolute Gasteiger partial charge is 0.335 e. The van der Waals surface area contributed by atoms with Crippen LogP contribution in [0.2, 0.25) is 0 Å². The SMILES string of the molecule is C=CC(=O)Oc1ccc2cc(C(=O)O)ccc2c1.C=CC(=O)Oc1ccc2cc(C)ccc2c1.O=COC1COC2CCOC12. The Labute approximate surface area is 259 Å². The Morgan fingerprint density at radius 3 is 1.93 bits per heavy atom. The van der Waals surface area contributed by atoms with Gasteiger partial charge in [0.15, 0.2) is 6.10 Å². The Hall–Kier alpha value is -5.32. The van der Waals surface area contributed by atoms with Crippen molar-refractivity contribution in [3.63, 3.8) is 0 Å². The second-order valence-electron chi connectivity index (χ2n) is 10.1. The highest BCUT2D eigenvalue weighted by atomic mass is 16.6. The molecule has 2 aliphatic rings. The van der Waals surface area contributed by atoms with E-state index >= 15 is 0 Å². The molecule has 3 atom stereocenters. The molecule has 0 bridgehead atoms. The summed E-state index contributed by atoms with van der Waals surface area (Å²) < 4.78 is 25.5. The molecule has 0 radical (unpaired) electrons. The molecular formula is C35H32O10. The van der Waals surface area contributed by atoms with Gasteiger partial charge in [-0.25, -0.2) is 14.4 Å². The third-order valence-electron chi connectivity index (χ3n) is 6.95. The molecule has 2 heterocycles. The van der Waals surface area contributed by atoms with Crippen molar-refractivity contribution in [2.75, 3.05) is 13.2 Å². The third kappa shape index (κ3) is 8.85. The van der Waals surface area contributed by atoms with Gasteiger partial charge in [0.05, 0.1) is 18.3 Å². The van der Waals surface area contributed by atoms with Gasteiger partial charge in [0.25, 0.3) is 6.47 Å². The number of benzene rings is 4. The Morgan fingerprint density at radius 2 is 1.36 bits per heavy atom. The lowest BCUT2D eigenvalue weighted by molar-refractivity contribution is -0.138. The standard InChI is InChI=1S/C14H10O4.C14H12O2.C7H10O4/c1-2-13(15)18-12-6-5-9-7-11(14(16)17)4-3-10(9)8-12;1-3-14(15)16-13-7-6-11-8-10(2)4-5-12(11)9-13;8-4-11-6-3-10-5-1-2-9-7(5)6/h2-8H,1H2,(H,16,17);3-9H,1H2,2H3;4-7H,1-3H2.